The van der Waals surface area contributed by atoms with Gasteiger partial charge >= 0.3 is 5.97 Å². The van der Waals surface area contributed by atoms with E-state index in [1.54, 1.807) is 14.2 Å². The zero-order valence-corrected chi connectivity index (χ0v) is 20.2. The van der Waals surface area contributed by atoms with Gasteiger partial charge in [0.05, 0.1) is 37.7 Å². The molecule has 6 nitrogen and oxygen atoms in total. The Labute approximate surface area is 203 Å². The fourth-order valence-electron chi connectivity index (χ4n) is 4.45. The highest BCUT2D eigenvalue weighted by atomic mass is 16.5. The molecule has 0 aliphatic rings. The molecule has 0 aliphatic carbocycles. The van der Waals surface area contributed by atoms with Crippen molar-refractivity contribution in [3.8, 4) is 34.0 Å². The first-order valence-corrected chi connectivity index (χ1v) is 11.5. The van der Waals surface area contributed by atoms with Crippen molar-refractivity contribution in [3.63, 3.8) is 0 Å². The maximum absolute atomic E-state index is 13.2. The van der Waals surface area contributed by atoms with E-state index in [2.05, 4.69) is 12.1 Å². The van der Waals surface area contributed by atoms with Crippen LogP contribution in [0.1, 0.15) is 22.8 Å². The first-order valence-electron chi connectivity index (χ1n) is 11.5. The number of esters is 1. The van der Waals surface area contributed by atoms with Crippen LogP contribution in [0.25, 0.3) is 39.1 Å². The number of benzene rings is 3. The third-order valence-corrected chi connectivity index (χ3v) is 6.07. The second-order valence-electron chi connectivity index (χ2n) is 8.24. The lowest BCUT2D eigenvalue weighted by Gasteiger charge is -2.13. The van der Waals surface area contributed by atoms with Crippen molar-refractivity contribution in [2.45, 2.75) is 13.8 Å². The summed E-state index contributed by atoms with van der Waals surface area (Å²) in [4.78, 5) is 18.2. The van der Waals surface area contributed by atoms with Crippen molar-refractivity contribution in [1.29, 1.82) is 0 Å². The Bertz CT molecular complexity index is 1550. The van der Waals surface area contributed by atoms with Gasteiger partial charge in [-0.3, -0.25) is 4.40 Å². The number of carbonyl (C=O) groups is 1. The van der Waals surface area contributed by atoms with Crippen LogP contribution in [0.15, 0.2) is 72.8 Å². The van der Waals surface area contributed by atoms with Crippen LogP contribution in [0.4, 0.5) is 0 Å². The van der Waals surface area contributed by atoms with Crippen LogP contribution in [-0.4, -0.2) is 36.2 Å². The topological polar surface area (TPSA) is 62.1 Å². The van der Waals surface area contributed by atoms with E-state index in [0.717, 1.165) is 33.3 Å². The van der Waals surface area contributed by atoms with Crippen molar-refractivity contribution in [3.05, 3.63) is 83.9 Å². The fraction of sp³-hybridized carbons (Fsp3) is 0.172. The molecule has 0 unspecified atom stereocenters. The number of carbonyl (C=O) groups excluding carboxylic acids is 1. The molecule has 3 aromatic carbocycles. The Morgan fingerprint density at radius 3 is 2.37 bits per heavy atom. The molecule has 5 aromatic rings. The minimum atomic E-state index is -0.387. The van der Waals surface area contributed by atoms with Crippen LogP contribution < -0.4 is 9.47 Å². The number of fused-ring (bicyclic) bond motifs is 3. The normalized spacial score (nSPS) is 11.1. The molecule has 2 aromatic heterocycles. The van der Waals surface area contributed by atoms with Gasteiger partial charge in [0.2, 0.25) is 0 Å². The summed E-state index contributed by atoms with van der Waals surface area (Å²) >= 11 is 0. The number of rotatable bonds is 6. The van der Waals surface area contributed by atoms with E-state index in [9.17, 15) is 4.79 Å². The summed E-state index contributed by atoms with van der Waals surface area (Å²) in [5.74, 6) is 0.855. The van der Waals surface area contributed by atoms with E-state index in [1.807, 2.05) is 78.9 Å². The molecule has 0 amide bonds. The van der Waals surface area contributed by atoms with Crippen molar-refractivity contribution >= 4 is 22.5 Å². The summed E-state index contributed by atoms with van der Waals surface area (Å²) in [5, 5.41) is 0.817. The molecule has 0 atom stereocenters. The molecule has 2 heterocycles. The van der Waals surface area contributed by atoms with Gasteiger partial charge < -0.3 is 14.2 Å². The molecular formula is C29H26N2O4. The van der Waals surface area contributed by atoms with E-state index in [0.29, 0.717) is 28.4 Å². The lowest BCUT2D eigenvalue weighted by molar-refractivity contribution is 0.0530. The van der Waals surface area contributed by atoms with E-state index < -0.39 is 0 Å². The van der Waals surface area contributed by atoms with Gasteiger partial charge in [-0.1, -0.05) is 42.0 Å². The first kappa shape index (κ1) is 22.5. The number of hydrogen-bond donors (Lipinski definition) is 0. The van der Waals surface area contributed by atoms with Gasteiger partial charge in [-0.25, -0.2) is 9.78 Å². The fourth-order valence-corrected chi connectivity index (χ4v) is 4.45. The molecule has 176 valence electrons. The molecule has 5 rings (SSSR count). The van der Waals surface area contributed by atoms with Gasteiger partial charge in [-0.05, 0) is 55.8 Å². The first-order chi connectivity index (χ1) is 17.0. The standard InChI is InChI=1S/C29H26N2O4/c1-5-35-29(32)27-21-15-18(2)11-13-23(21)31-24(19-9-7-6-8-10-19)17-22(30-28(27)31)20-12-14-25(33-3)26(16-20)34-4/h6-17H,5H2,1-4H3. The quantitative estimate of drug-likeness (QED) is 0.274. The highest BCUT2D eigenvalue weighted by Crippen LogP contribution is 2.37. The van der Waals surface area contributed by atoms with E-state index >= 15 is 0 Å². The van der Waals surface area contributed by atoms with Crippen molar-refractivity contribution in [1.82, 2.24) is 9.38 Å². The van der Waals surface area contributed by atoms with Crippen molar-refractivity contribution in [2.24, 2.45) is 0 Å². The summed E-state index contributed by atoms with van der Waals surface area (Å²) in [6, 6.07) is 23.9. The Balaban J connectivity index is 1.90. The van der Waals surface area contributed by atoms with Crippen LogP contribution in [0, 0.1) is 6.92 Å². The average molecular weight is 467 g/mol. The second-order valence-corrected chi connectivity index (χ2v) is 8.24. The average Bonchev–Trinajstić information content (AvgIpc) is 3.21. The number of nitrogens with zero attached hydrogens (tertiary/aromatic N) is 2. The molecule has 35 heavy (non-hydrogen) atoms. The van der Waals surface area contributed by atoms with Crippen molar-refractivity contribution < 1.29 is 19.0 Å². The third kappa shape index (κ3) is 3.87. The predicted octanol–water partition coefficient (Wildman–Crippen LogP) is 6.32. The molecule has 0 N–H and O–H groups in total. The zero-order valence-electron chi connectivity index (χ0n) is 20.2. The third-order valence-electron chi connectivity index (χ3n) is 6.07. The van der Waals surface area contributed by atoms with E-state index in [4.69, 9.17) is 19.2 Å². The molecule has 0 aliphatic heterocycles. The molecule has 0 spiro atoms. The predicted molar refractivity (Wildman–Crippen MR) is 137 cm³/mol. The smallest absolute Gasteiger partial charge is 0.342 e. The number of aromatic nitrogens is 2. The Morgan fingerprint density at radius 1 is 0.886 bits per heavy atom. The van der Waals surface area contributed by atoms with E-state index in [1.165, 1.54) is 0 Å². The molecule has 0 saturated carbocycles. The molecule has 0 bridgehead atoms. The number of ether oxygens (including phenoxy) is 3. The summed E-state index contributed by atoms with van der Waals surface area (Å²) in [6.07, 6.45) is 0. The Kier molecular flexibility index (Phi) is 5.87. The van der Waals surface area contributed by atoms with Crippen LogP contribution in [0.2, 0.25) is 0 Å². The minimum absolute atomic E-state index is 0.282. The minimum Gasteiger partial charge on any atom is -0.493 e. The lowest BCUT2D eigenvalue weighted by Crippen LogP contribution is -2.06. The number of methoxy groups -OCH3 is 2. The zero-order chi connectivity index (χ0) is 24.5. The summed E-state index contributed by atoms with van der Waals surface area (Å²) in [7, 11) is 3.21. The number of hydrogen-bond acceptors (Lipinski definition) is 5. The Morgan fingerprint density at radius 2 is 1.66 bits per heavy atom. The maximum atomic E-state index is 13.2. The second kappa shape index (κ2) is 9.14. The summed E-state index contributed by atoms with van der Waals surface area (Å²) in [6.45, 7) is 4.10. The van der Waals surface area contributed by atoms with E-state index in [-0.39, 0.29) is 12.6 Å². The Hall–Kier alpha value is -4.32. The van der Waals surface area contributed by atoms with Crippen molar-refractivity contribution in [2.75, 3.05) is 20.8 Å². The van der Waals surface area contributed by atoms with Gasteiger partial charge in [0.25, 0.3) is 0 Å². The lowest BCUT2D eigenvalue weighted by atomic mass is 10.1. The van der Waals surface area contributed by atoms with Gasteiger partial charge in [0.15, 0.2) is 17.1 Å². The molecule has 0 radical (unpaired) electrons. The SMILES string of the molecule is CCOC(=O)c1c2cc(C)ccc2n2c(-c3ccccc3)cc(-c3ccc(OC)c(OC)c3)nc12. The highest BCUT2D eigenvalue weighted by molar-refractivity contribution is 6.12. The van der Waals surface area contributed by atoms with Gasteiger partial charge in [-0.15, -0.1) is 0 Å². The van der Waals surface area contributed by atoms with Gasteiger partial charge in [0.1, 0.15) is 5.56 Å². The van der Waals surface area contributed by atoms with Crippen LogP contribution in [0.3, 0.4) is 0 Å². The maximum Gasteiger partial charge on any atom is 0.342 e. The number of aryl methyl sites for hydroxylation is 1. The highest BCUT2D eigenvalue weighted by Gasteiger charge is 2.24. The largest absolute Gasteiger partial charge is 0.493 e. The van der Waals surface area contributed by atoms with Crippen LogP contribution >= 0.6 is 0 Å². The molecule has 0 fully saturated rings. The van der Waals surface area contributed by atoms with Crippen LogP contribution in [0.5, 0.6) is 11.5 Å². The molecular weight excluding hydrogens is 440 g/mol. The van der Waals surface area contributed by atoms with Gasteiger partial charge in [0, 0.05) is 10.9 Å². The summed E-state index contributed by atoms with van der Waals surface area (Å²) in [5.41, 5.74) is 6.46. The monoisotopic (exact) mass is 466 g/mol. The molecule has 6 heteroatoms. The molecule has 0 saturated heterocycles. The summed E-state index contributed by atoms with van der Waals surface area (Å²) < 4.78 is 18.4. The van der Waals surface area contributed by atoms with Crippen LogP contribution in [-0.2, 0) is 4.74 Å². The van der Waals surface area contributed by atoms with Gasteiger partial charge in [-0.2, -0.15) is 0 Å².